The predicted molar refractivity (Wildman–Crippen MR) is 96.9 cm³/mol. The molecule has 2 aromatic carbocycles. The summed E-state index contributed by atoms with van der Waals surface area (Å²) in [5.74, 6) is 0. The number of benzene rings is 2. The number of aromatic nitrogens is 1. The van der Waals surface area contributed by atoms with Crippen molar-refractivity contribution >= 4 is 28.2 Å². The highest BCUT2D eigenvalue weighted by Crippen LogP contribution is 2.37. The third-order valence-electron chi connectivity index (χ3n) is 4.42. The Bertz CT molecular complexity index is 872. The van der Waals surface area contributed by atoms with E-state index in [1.807, 2.05) is 12.1 Å². The Morgan fingerprint density at radius 2 is 1.96 bits per heavy atom. The summed E-state index contributed by atoms with van der Waals surface area (Å²) < 4.78 is 0. The summed E-state index contributed by atoms with van der Waals surface area (Å²) in [5.41, 5.74) is 12.4. The smallest absolute Gasteiger partial charge is 0.0762 e. The number of nitrogens with zero attached hydrogens (tertiary/aromatic N) is 1. The highest BCUT2D eigenvalue weighted by molar-refractivity contribution is 6.31. The van der Waals surface area contributed by atoms with Gasteiger partial charge in [-0.15, -0.1) is 0 Å². The number of nitrogens with two attached hydrogens (primary N) is 1. The fourth-order valence-corrected chi connectivity index (χ4v) is 3.41. The maximum atomic E-state index is 6.17. The molecule has 0 spiro atoms. The van der Waals surface area contributed by atoms with E-state index >= 15 is 0 Å². The molecule has 0 atom stereocenters. The van der Waals surface area contributed by atoms with Crippen molar-refractivity contribution in [3.8, 4) is 11.3 Å². The van der Waals surface area contributed by atoms with Gasteiger partial charge in [-0.05, 0) is 36.6 Å². The number of pyridine rings is 1. The molecule has 0 aliphatic carbocycles. The van der Waals surface area contributed by atoms with Gasteiger partial charge in [0.2, 0.25) is 0 Å². The molecule has 0 amide bonds. The maximum absolute atomic E-state index is 6.17. The standard InChI is InChI=1S/C19H18ClN3/c20-14-7-8-15-17(10-14)23-18(16-2-1-9-22-19(15)16)13-5-3-12(11-21)4-6-13/h3-8,10,22H,1-2,9,11,21H2. The van der Waals surface area contributed by atoms with Crippen LogP contribution in [-0.2, 0) is 13.0 Å². The van der Waals surface area contributed by atoms with Gasteiger partial charge >= 0.3 is 0 Å². The van der Waals surface area contributed by atoms with E-state index in [1.54, 1.807) is 0 Å². The summed E-state index contributed by atoms with van der Waals surface area (Å²) in [5, 5.41) is 5.41. The minimum atomic E-state index is 0.556. The van der Waals surface area contributed by atoms with Crippen LogP contribution >= 0.6 is 11.6 Å². The van der Waals surface area contributed by atoms with Gasteiger partial charge in [-0.3, -0.25) is 0 Å². The molecule has 1 aliphatic heterocycles. The molecule has 3 aromatic rings. The van der Waals surface area contributed by atoms with Crippen molar-refractivity contribution in [2.24, 2.45) is 5.73 Å². The summed E-state index contributed by atoms with van der Waals surface area (Å²) in [4.78, 5) is 4.92. The Hall–Kier alpha value is -2.10. The van der Waals surface area contributed by atoms with Crippen molar-refractivity contribution in [3.05, 3.63) is 58.6 Å². The highest BCUT2D eigenvalue weighted by atomic mass is 35.5. The van der Waals surface area contributed by atoms with Crippen LogP contribution in [0.4, 0.5) is 5.69 Å². The summed E-state index contributed by atoms with van der Waals surface area (Å²) >= 11 is 6.17. The third kappa shape index (κ3) is 2.56. The summed E-state index contributed by atoms with van der Waals surface area (Å²) in [7, 11) is 0. The molecule has 0 bridgehead atoms. The molecule has 4 heteroatoms. The molecule has 4 rings (SSSR count). The number of anilines is 1. The van der Waals surface area contributed by atoms with E-state index in [4.69, 9.17) is 22.3 Å². The average molecular weight is 324 g/mol. The zero-order valence-electron chi connectivity index (χ0n) is 12.8. The molecule has 2 heterocycles. The first-order chi connectivity index (χ1) is 11.3. The Morgan fingerprint density at radius 3 is 2.74 bits per heavy atom. The van der Waals surface area contributed by atoms with Gasteiger partial charge in [-0.1, -0.05) is 35.9 Å². The molecule has 3 N–H and O–H groups in total. The fraction of sp³-hybridized carbons (Fsp3) is 0.211. The second-order valence-electron chi connectivity index (χ2n) is 5.91. The largest absolute Gasteiger partial charge is 0.384 e. The third-order valence-corrected chi connectivity index (χ3v) is 4.65. The second-order valence-corrected chi connectivity index (χ2v) is 6.34. The van der Waals surface area contributed by atoms with Crippen LogP contribution in [0.15, 0.2) is 42.5 Å². The SMILES string of the molecule is NCc1ccc(-c2nc3cc(Cl)ccc3c3c2CCCN3)cc1. The summed E-state index contributed by atoms with van der Waals surface area (Å²) in [6.07, 6.45) is 2.17. The lowest BCUT2D eigenvalue weighted by molar-refractivity contribution is 0.831. The Kier molecular flexibility index (Phi) is 3.68. The van der Waals surface area contributed by atoms with E-state index in [0.29, 0.717) is 11.6 Å². The van der Waals surface area contributed by atoms with E-state index in [9.17, 15) is 0 Å². The van der Waals surface area contributed by atoms with Crippen LogP contribution in [0.5, 0.6) is 0 Å². The van der Waals surface area contributed by atoms with Gasteiger partial charge in [0.1, 0.15) is 0 Å². The lowest BCUT2D eigenvalue weighted by Crippen LogP contribution is -2.14. The predicted octanol–water partition coefficient (Wildman–Crippen LogP) is 4.37. The lowest BCUT2D eigenvalue weighted by atomic mass is 9.94. The zero-order valence-corrected chi connectivity index (χ0v) is 13.5. The van der Waals surface area contributed by atoms with Crippen molar-refractivity contribution in [1.82, 2.24) is 4.98 Å². The first-order valence-corrected chi connectivity index (χ1v) is 8.29. The Morgan fingerprint density at radius 1 is 1.13 bits per heavy atom. The summed E-state index contributed by atoms with van der Waals surface area (Å²) in [6, 6.07) is 14.3. The molecule has 1 aliphatic rings. The van der Waals surface area contributed by atoms with Gasteiger partial charge < -0.3 is 11.1 Å². The van der Waals surface area contributed by atoms with Gasteiger partial charge in [-0.2, -0.15) is 0 Å². The normalized spacial score (nSPS) is 13.7. The van der Waals surface area contributed by atoms with Crippen molar-refractivity contribution in [1.29, 1.82) is 0 Å². The highest BCUT2D eigenvalue weighted by Gasteiger charge is 2.19. The molecule has 0 radical (unpaired) electrons. The van der Waals surface area contributed by atoms with Crippen LogP contribution in [0, 0.1) is 0 Å². The Balaban J connectivity index is 1.97. The maximum Gasteiger partial charge on any atom is 0.0762 e. The van der Waals surface area contributed by atoms with E-state index in [2.05, 4.69) is 35.6 Å². The van der Waals surface area contributed by atoms with Crippen molar-refractivity contribution in [3.63, 3.8) is 0 Å². The topological polar surface area (TPSA) is 50.9 Å². The van der Waals surface area contributed by atoms with Crippen LogP contribution < -0.4 is 11.1 Å². The molecule has 0 saturated heterocycles. The van der Waals surface area contributed by atoms with E-state index < -0.39 is 0 Å². The Labute approximate surface area is 140 Å². The van der Waals surface area contributed by atoms with Gasteiger partial charge in [0.15, 0.2) is 0 Å². The monoisotopic (exact) mass is 323 g/mol. The van der Waals surface area contributed by atoms with Crippen LogP contribution in [0.25, 0.3) is 22.2 Å². The molecule has 0 unspecified atom stereocenters. The van der Waals surface area contributed by atoms with Crippen LogP contribution in [-0.4, -0.2) is 11.5 Å². The van der Waals surface area contributed by atoms with Crippen LogP contribution in [0.3, 0.4) is 0 Å². The molecule has 0 fully saturated rings. The van der Waals surface area contributed by atoms with Crippen LogP contribution in [0.1, 0.15) is 17.5 Å². The number of fused-ring (bicyclic) bond motifs is 3. The van der Waals surface area contributed by atoms with Gasteiger partial charge in [0.25, 0.3) is 0 Å². The molecule has 116 valence electrons. The van der Waals surface area contributed by atoms with Crippen molar-refractivity contribution < 1.29 is 0 Å². The number of nitrogens with one attached hydrogen (secondary N) is 1. The fourth-order valence-electron chi connectivity index (χ4n) is 3.24. The number of rotatable bonds is 2. The number of hydrogen-bond donors (Lipinski definition) is 2. The molecule has 0 saturated carbocycles. The second kappa shape index (κ2) is 5.84. The average Bonchev–Trinajstić information content (AvgIpc) is 2.61. The minimum absolute atomic E-state index is 0.556. The molecule has 23 heavy (non-hydrogen) atoms. The van der Waals surface area contributed by atoms with E-state index in [1.165, 1.54) is 11.3 Å². The van der Waals surface area contributed by atoms with E-state index in [-0.39, 0.29) is 0 Å². The van der Waals surface area contributed by atoms with E-state index in [0.717, 1.165) is 47.1 Å². The molecule has 1 aromatic heterocycles. The number of hydrogen-bond acceptors (Lipinski definition) is 3. The number of halogens is 1. The molecular weight excluding hydrogens is 306 g/mol. The lowest BCUT2D eigenvalue weighted by Gasteiger charge is -2.23. The summed E-state index contributed by atoms with van der Waals surface area (Å²) in [6.45, 7) is 1.56. The quantitative estimate of drug-likeness (QED) is 0.736. The minimum Gasteiger partial charge on any atom is -0.384 e. The van der Waals surface area contributed by atoms with Gasteiger partial charge in [-0.25, -0.2) is 4.98 Å². The molecular formula is C19H18ClN3. The van der Waals surface area contributed by atoms with Crippen molar-refractivity contribution in [2.45, 2.75) is 19.4 Å². The van der Waals surface area contributed by atoms with Gasteiger partial charge in [0, 0.05) is 40.3 Å². The zero-order chi connectivity index (χ0) is 15.8. The first kappa shape index (κ1) is 14.5. The molecule has 3 nitrogen and oxygen atoms in total. The van der Waals surface area contributed by atoms with Crippen LogP contribution in [0.2, 0.25) is 5.02 Å². The first-order valence-electron chi connectivity index (χ1n) is 7.91. The van der Waals surface area contributed by atoms with Gasteiger partial charge in [0.05, 0.1) is 11.2 Å². The van der Waals surface area contributed by atoms with Crippen molar-refractivity contribution in [2.75, 3.05) is 11.9 Å².